The molecule has 0 fully saturated rings. The highest BCUT2D eigenvalue weighted by atomic mass is 32.1. The van der Waals surface area contributed by atoms with Gasteiger partial charge in [0.25, 0.3) is 0 Å². The number of carbonyl (C=O) groups excluding carboxylic acids is 1. The molecule has 0 N–H and O–H groups in total. The molecule has 4 aromatic rings. The van der Waals surface area contributed by atoms with E-state index in [1.165, 1.54) is 4.57 Å². The van der Waals surface area contributed by atoms with E-state index in [-0.39, 0.29) is 12.3 Å². The molecular formula is C19H17N3O3S. The summed E-state index contributed by atoms with van der Waals surface area (Å²) in [6, 6.07) is 15.1. The van der Waals surface area contributed by atoms with Crippen LogP contribution in [-0.2, 0) is 17.9 Å². The van der Waals surface area contributed by atoms with Gasteiger partial charge in [-0.25, -0.2) is 9.78 Å². The lowest BCUT2D eigenvalue weighted by Gasteiger charge is -2.15. The summed E-state index contributed by atoms with van der Waals surface area (Å²) >= 11 is 1.59. The second-order valence-electron chi connectivity index (χ2n) is 6.06. The molecule has 0 aliphatic carbocycles. The second-order valence-corrected chi connectivity index (χ2v) is 7.18. The van der Waals surface area contributed by atoms with Gasteiger partial charge in [0.1, 0.15) is 5.01 Å². The summed E-state index contributed by atoms with van der Waals surface area (Å²) in [4.78, 5) is 30.6. The zero-order valence-electron chi connectivity index (χ0n) is 14.2. The number of rotatable bonds is 5. The first kappa shape index (κ1) is 16.5. The van der Waals surface area contributed by atoms with Gasteiger partial charge < -0.3 is 9.32 Å². The molecule has 0 aliphatic rings. The summed E-state index contributed by atoms with van der Waals surface area (Å²) in [5, 5.41) is 0.896. The van der Waals surface area contributed by atoms with Crippen molar-refractivity contribution < 1.29 is 9.21 Å². The fraction of sp³-hybridized carbons (Fsp3) is 0.211. The van der Waals surface area contributed by atoms with E-state index in [1.54, 1.807) is 29.4 Å². The van der Waals surface area contributed by atoms with Crippen LogP contribution in [-0.4, -0.2) is 27.4 Å². The number of nitrogens with zero attached hydrogens (tertiary/aromatic N) is 3. The minimum atomic E-state index is -0.437. The van der Waals surface area contributed by atoms with Crippen LogP contribution in [0, 0.1) is 0 Å². The van der Waals surface area contributed by atoms with Gasteiger partial charge in [0.05, 0.1) is 22.3 Å². The van der Waals surface area contributed by atoms with Crippen molar-refractivity contribution in [3.8, 4) is 0 Å². The van der Waals surface area contributed by atoms with E-state index in [0.29, 0.717) is 24.2 Å². The Labute approximate surface area is 153 Å². The lowest BCUT2D eigenvalue weighted by Crippen LogP contribution is -2.28. The van der Waals surface area contributed by atoms with Gasteiger partial charge in [0.2, 0.25) is 5.91 Å². The number of thiazole rings is 1. The normalized spacial score (nSPS) is 11.3. The van der Waals surface area contributed by atoms with E-state index in [0.717, 1.165) is 15.2 Å². The summed E-state index contributed by atoms with van der Waals surface area (Å²) in [6.45, 7) is 0.748. The van der Waals surface area contributed by atoms with Gasteiger partial charge in [-0.2, -0.15) is 0 Å². The lowest BCUT2D eigenvalue weighted by atomic mass is 10.3. The molecule has 6 nitrogen and oxygen atoms in total. The van der Waals surface area contributed by atoms with Crippen molar-refractivity contribution in [2.24, 2.45) is 0 Å². The van der Waals surface area contributed by atoms with Crippen molar-refractivity contribution in [2.75, 3.05) is 7.05 Å². The predicted octanol–water partition coefficient (Wildman–Crippen LogP) is 3.25. The molecule has 0 aliphatic heterocycles. The number of para-hydroxylation sites is 3. The SMILES string of the molecule is CN(Cc1nc2ccccc2s1)C(=O)CCn1c(=O)oc2ccccc21. The highest BCUT2D eigenvalue weighted by Gasteiger charge is 2.14. The van der Waals surface area contributed by atoms with Crippen molar-refractivity contribution >= 4 is 38.6 Å². The van der Waals surface area contributed by atoms with Gasteiger partial charge in [-0.3, -0.25) is 9.36 Å². The van der Waals surface area contributed by atoms with E-state index >= 15 is 0 Å². The van der Waals surface area contributed by atoms with Crippen LogP contribution in [0.15, 0.2) is 57.7 Å². The largest absolute Gasteiger partial charge is 0.419 e. The number of oxazole rings is 1. The molecule has 4 rings (SSSR count). The van der Waals surface area contributed by atoms with Crippen molar-refractivity contribution in [3.05, 3.63) is 64.1 Å². The number of hydrogen-bond acceptors (Lipinski definition) is 5. The van der Waals surface area contributed by atoms with Crippen molar-refractivity contribution in [3.63, 3.8) is 0 Å². The second kappa shape index (κ2) is 6.76. The monoisotopic (exact) mass is 367 g/mol. The molecule has 1 amide bonds. The fourth-order valence-electron chi connectivity index (χ4n) is 2.90. The molecule has 7 heteroatoms. The Hall–Kier alpha value is -2.93. The first-order valence-electron chi connectivity index (χ1n) is 8.28. The van der Waals surface area contributed by atoms with Crippen LogP contribution in [0.3, 0.4) is 0 Å². The fourth-order valence-corrected chi connectivity index (χ4v) is 3.92. The maximum atomic E-state index is 12.5. The topological polar surface area (TPSA) is 68.3 Å². The van der Waals surface area contributed by atoms with Crippen LogP contribution in [0.25, 0.3) is 21.3 Å². The first-order valence-corrected chi connectivity index (χ1v) is 9.10. The van der Waals surface area contributed by atoms with Crippen molar-refractivity contribution in [1.82, 2.24) is 14.5 Å². The molecule has 0 atom stereocenters. The standard InChI is InChI=1S/C19H17N3O3S/c1-21(12-17-20-13-6-2-5-9-16(13)26-17)18(23)10-11-22-14-7-3-4-8-15(14)25-19(22)24/h2-9H,10-12H2,1H3. The first-order chi connectivity index (χ1) is 12.6. The van der Waals surface area contributed by atoms with Crippen LogP contribution < -0.4 is 5.76 Å². The van der Waals surface area contributed by atoms with E-state index in [1.807, 2.05) is 42.5 Å². The zero-order valence-corrected chi connectivity index (χ0v) is 15.0. The molecule has 2 aromatic carbocycles. The molecule has 26 heavy (non-hydrogen) atoms. The lowest BCUT2D eigenvalue weighted by molar-refractivity contribution is -0.130. The third-order valence-corrected chi connectivity index (χ3v) is 5.28. The number of carbonyl (C=O) groups is 1. The Morgan fingerprint density at radius 1 is 1.19 bits per heavy atom. The zero-order chi connectivity index (χ0) is 18.1. The molecule has 132 valence electrons. The number of fused-ring (bicyclic) bond motifs is 2. The molecular weight excluding hydrogens is 350 g/mol. The van der Waals surface area contributed by atoms with Crippen molar-refractivity contribution in [2.45, 2.75) is 19.5 Å². The summed E-state index contributed by atoms with van der Waals surface area (Å²) in [5.41, 5.74) is 2.19. The summed E-state index contributed by atoms with van der Waals surface area (Å²) < 4.78 is 7.80. The Balaban J connectivity index is 1.44. The number of amides is 1. The number of benzene rings is 2. The molecule has 2 aromatic heterocycles. The Morgan fingerprint density at radius 3 is 2.81 bits per heavy atom. The average Bonchev–Trinajstić information content (AvgIpc) is 3.18. The van der Waals surface area contributed by atoms with Gasteiger partial charge in [-0.05, 0) is 24.3 Å². The van der Waals surface area contributed by atoms with Gasteiger partial charge in [-0.1, -0.05) is 24.3 Å². The van der Waals surface area contributed by atoms with Gasteiger partial charge in [0, 0.05) is 20.0 Å². The molecule has 0 bridgehead atoms. The van der Waals surface area contributed by atoms with E-state index in [4.69, 9.17) is 4.42 Å². The minimum absolute atomic E-state index is 0.0403. The number of hydrogen-bond donors (Lipinski definition) is 0. The van der Waals surface area contributed by atoms with Gasteiger partial charge in [-0.15, -0.1) is 11.3 Å². The Kier molecular flexibility index (Phi) is 4.30. The molecule has 0 saturated heterocycles. The molecule has 0 spiro atoms. The highest BCUT2D eigenvalue weighted by molar-refractivity contribution is 7.18. The summed E-state index contributed by atoms with van der Waals surface area (Å²) in [6.07, 6.45) is 0.227. The predicted molar refractivity (Wildman–Crippen MR) is 101 cm³/mol. The Morgan fingerprint density at radius 2 is 1.96 bits per heavy atom. The third kappa shape index (κ3) is 3.13. The van der Waals surface area contributed by atoms with Gasteiger partial charge >= 0.3 is 5.76 Å². The highest BCUT2D eigenvalue weighted by Crippen LogP contribution is 2.22. The van der Waals surface area contributed by atoms with Crippen LogP contribution >= 0.6 is 11.3 Å². The Bertz CT molecular complexity index is 1110. The molecule has 2 heterocycles. The third-order valence-electron chi connectivity index (χ3n) is 4.26. The van der Waals surface area contributed by atoms with E-state index in [2.05, 4.69) is 4.98 Å². The van der Waals surface area contributed by atoms with Crippen molar-refractivity contribution in [1.29, 1.82) is 0 Å². The minimum Gasteiger partial charge on any atom is -0.408 e. The molecule has 0 unspecified atom stereocenters. The maximum Gasteiger partial charge on any atom is 0.419 e. The van der Waals surface area contributed by atoms with Gasteiger partial charge in [0.15, 0.2) is 5.58 Å². The molecule has 0 radical (unpaired) electrons. The quantitative estimate of drug-likeness (QED) is 0.543. The van der Waals surface area contributed by atoms with Crippen LogP contribution in [0.5, 0.6) is 0 Å². The van der Waals surface area contributed by atoms with E-state index in [9.17, 15) is 9.59 Å². The van der Waals surface area contributed by atoms with Crippen LogP contribution in [0.4, 0.5) is 0 Å². The average molecular weight is 367 g/mol. The van der Waals surface area contributed by atoms with Crippen LogP contribution in [0.1, 0.15) is 11.4 Å². The maximum absolute atomic E-state index is 12.5. The number of aromatic nitrogens is 2. The summed E-state index contributed by atoms with van der Waals surface area (Å²) in [7, 11) is 1.75. The summed E-state index contributed by atoms with van der Waals surface area (Å²) in [5.74, 6) is -0.478. The smallest absolute Gasteiger partial charge is 0.408 e. The van der Waals surface area contributed by atoms with Crippen LogP contribution in [0.2, 0.25) is 0 Å². The number of aryl methyl sites for hydroxylation is 1. The molecule has 0 saturated carbocycles. The van der Waals surface area contributed by atoms with E-state index < -0.39 is 5.76 Å².